The molecule has 2 aromatic heterocycles. The van der Waals surface area contributed by atoms with Gasteiger partial charge >= 0.3 is 5.69 Å². The molecule has 152 valence electrons. The van der Waals surface area contributed by atoms with Crippen LogP contribution in [0.1, 0.15) is 11.1 Å². The second-order valence-electron chi connectivity index (χ2n) is 6.87. The number of carbonyl (C=O) groups is 1. The maximum absolute atomic E-state index is 13.0. The zero-order chi connectivity index (χ0) is 21.1. The van der Waals surface area contributed by atoms with E-state index in [1.54, 1.807) is 31.6 Å². The molecule has 0 aliphatic carbocycles. The van der Waals surface area contributed by atoms with Gasteiger partial charge in [-0.15, -0.1) is 0 Å². The van der Waals surface area contributed by atoms with Crippen LogP contribution in [-0.2, 0) is 24.9 Å². The summed E-state index contributed by atoms with van der Waals surface area (Å²) < 4.78 is 2.46. The number of aliphatic imine (C=N–C) groups is 1. The smallest absolute Gasteiger partial charge is 0.332 e. The van der Waals surface area contributed by atoms with Crippen LogP contribution in [0, 0.1) is 0 Å². The summed E-state index contributed by atoms with van der Waals surface area (Å²) in [6.45, 7) is 0.558. The fraction of sp³-hybridized carbons (Fsp3) is 0.190. The SMILES string of the molecule is Cn1c2c(c(=O)n(Cc3ccccc3)c1=O)N=C(C(=O)NCc1ccncc1)CN2. The lowest BCUT2D eigenvalue weighted by molar-refractivity contribution is -0.115. The van der Waals surface area contributed by atoms with E-state index >= 15 is 0 Å². The molecular formula is C21H20N6O3. The largest absolute Gasteiger partial charge is 0.364 e. The highest BCUT2D eigenvalue weighted by atomic mass is 16.2. The molecular weight excluding hydrogens is 384 g/mol. The average Bonchev–Trinajstić information content (AvgIpc) is 2.80. The number of nitrogens with one attached hydrogen (secondary N) is 2. The predicted octanol–water partition coefficient (Wildman–Crippen LogP) is 0.805. The van der Waals surface area contributed by atoms with Gasteiger partial charge in [-0.05, 0) is 23.3 Å². The fourth-order valence-electron chi connectivity index (χ4n) is 3.22. The molecule has 0 radical (unpaired) electrons. The van der Waals surface area contributed by atoms with Gasteiger partial charge in [-0.3, -0.25) is 23.7 Å². The third-order valence-corrected chi connectivity index (χ3v) is 4.84. The van der Waals surface area contributed by atoms with E-state index in [2.05, 4.69) is 20.6 Å². The fourth-order valence-corrected chi connectivity index (χ4v) is 3.22. The Labute approximate surface area is 171 Å². The lowest BCUT2D eigenvalue weighted by atomic mass is 10.2. The van der Waals surface area contributed by atoms with Gasteiger partial charge in [0.15, 0.2) is 5.69 Å². The van der Waals surface area contributed by atoms with Gasteiger partial charge in [-0.2, -0.15) is 0 Å². The second-order valence-corrected chi connectivity index (χ2v) is 6.87. The van der Waals surface area contributed by atoms with Crippen LogP contribution >= 0.6 is 0 Å². The monoisotopic (exact) mass is 404 g/mol. The van der Waals surface area contributed by atoms with Crippen molar-refractivity contribution in [1.29, 1.82) is 0 Å². The van der Waals surface area contributed by atoms with Crippen molar-refractivity contribution in [3.63, 3.8) is 0 Å². The molecule has 9 heteroatoms. The minimum Gasteiger partial charge on any atom is -0.364 e. The van der Waals surface area contributed by atoms with Crippen LogP contribution in [-0.4, -0.2) is 32.3 Å². The van der Waals surface area contributed by atoms with Gasteiger partial charge in [0.05, 0.1) is 13.1 Å². The standard InChI is InChI=1S/C21H20N6O3/c1-26-18-17(20(29)27(21(26)30)13-15-5-3-2-4-6-15)25-16(12-23-18)19(28)24-11-14-7-9-22-10-8-14/h2-10,23H,11-13H2,1H3,(H,24,28). The summed E-state index contributed by atoms with van der Waals surface area (Å²) in [7, 11) is 1.57. The Bertz CT molecular complexity index is 1230. The lowest BCUT2D eigenvalue weighted by Gasteiger charge is -2.20. The van der Waals surface area contributed by atoms with Crippen molar-refractivity contribution in [2.75, 3.05) is 11.9 Å². The van der Waals surface area contributed by atoms with E-state index in [1.807, 2.05) is 30.3 Å². The Balaban J connectivity index is 1.64. The Morgan fingerprint density at radius 1 is 1.10 bits per heavy atom. The molecule has 3 aromatic rings. The molecule has 9 nitrogen and oxygen atoms in total. The summed E-state index contributed by atoms with van der Waals surface area (Å²) in [6.07, 6.45) is 3.29. The Morgan fingerprint density at radius 3 is 2.57 bits per heavy atom. The number of amides is 1. The number of benzene rings is 1. The summed E-state index contributed by atoms with van der Waals surface area (Å²) in [4.78, 5) is 46.5. The first-order valence-corrected chi connectivity index (χ1v) is 9.41. The number of anilines is 1. The zero-order valence-corrected chi connectivity index (χ0v) is 16.3. The highest BCUT2D eigenvalue weighted by Crippen LogP contribution is 2.21. The van der Waals surface area contributed by atoms with Gasteiger partial charge < -0.3 is 10.6 Å². The van der Waals surface area contributed by atoms with E-state index < -0.39 is 11.2 Å². The first kappa shape index (κ1) is 19.3. The predicted molar refractivity (Wildman–Crippen MR) is 113 cm³/mol. The van der Waals surface area contributed by atoms with E-state index in [9.17, 15) is 14.4 Å². The molecule has 1 amide bonds. The molecule has 0 spiro atoms. The first-order valence-electron chi connectivity index (χ1n) is 9.41. The van der Waals surface area contributed by atoms with E-state index in [1.165, 1.54) is 4.57 Å². The Kier molecular flexibility index (Phi) is 5.25. The van der Waals surface area contributed by atoms with Crippen molar-refractivity contribution >= 4 is 23.1 Å². The van der Waals surface area contributed by atoms with Crippen molar-refractivity contribution in [3.05, 3.63) is 86.8 Å². The van der Waals surface area contributed by atoms with Crippen LogP contribution in [0.25, 0.3) is 0 Å². The summed E-state index contributed by atoms with van der Waals surface area (Å²) >= 11 is 0. The summed E-state index contributed by atoms with van der Waals surface area (Å²) in [6, 6.07) is 12.8. The minimum absolute atomic E-state index is 0.0494. The number of fused-ring (bicyclic) bond motifs is 1. The second kappa shape index (κ2) is 8.16. The highest BCUT2D eigenvalue weighted by molar-refractivity contribution is 6.41. The summed E-state index contributed by atoms with van der Waals surface area (Å²) in [5.74, 6) is -0.0761. The van der Waals surface area contributed by atoms with Crippen molar-refractivity contribution < 1.29 is 4.79 Å². The number of hydrogen-bond acceptors (Lipinski definition) is 6. The van der Waals surface area contributed by atoms with Crippen LogP contribution < -0.4 is 21.9 Å². The first-order chi connectivity index (χ1) is 14.5. The van der Waals surface area contributed by atoms with Gasteiger partial charge in [-0.25, -0.2) is 9.79 Å². The maximum atomic E-state index is 13.0. The van der Waals surface area contributed by atoms with E-state index in [0.29, 0.717) is 12.4 Å². The number of hydrogen-bond donors (Lipinski definition) is 2. The van der Waals surface area contributed by atoms with Crippen LogP contribution in [0.5, 0.6) is 0 Å². The Hall–Kier alpha value is -4.01. The van der Waals surface area contributed by atoms with Crippen LogP contribution in [0.4, 0.5) is 11.5 Å². The molecule has 0 fully saturated rings. The molecule has 0 saturated heterocycles. The molecule has 1 aliphatic rings. The molecule has 0 saturated carbocycles. The average molecular weight is 404 g/mol. The van der Waals surface area contributed by atoms with Gasteiger partial charge in [0.25, 0.3) is 11.5 Å². The third kappa shape index (κ3) is 3.77. The molecule has 2 N–H and O–H groups in total. The quantitative estimate of drug-likeness (QED) is 0.654. The van der Waals surface area contributed by atoms with Crippen molar-refractivity contribution in [3.8, 4) is 0 Å². The van der Waals surface area contributed by atoms with Gasteiger partial charge in [0.1, 0.15) is 11.5 Å². The molecule has 0 bridgehead atoms. The normalized spacial score (nSPS) is 12.5. The zero-order valence-electron chi connectivity index (χ0n) is 16.3. The number of aromatic nitrogens is 3. The van der Waals surface area contributed by atoms with Crippen LogP contribution in [0.2, 0.25) is 0 Å². The van der Waals surface area contributed by atoms with E-state index in [4.69, 9.17) is 0 Å². The number of nitrogens with zero attached hydrogens (tertiary/aromatic N) is 4. The lowest BCUT2D eigenvalue weighted by Crippen LogP contribution is -2.43. The number of rotatable bonds is 5. The molecule has 3 heterocycles. The minimum atomic E-state index is -0.538. The van der Waals surface area contributed by atoms with Crippen LogP contribution in [0.3, 0.4) is 0 Å². The van der Waals surface area contributed by atoms with Gasteiger partial charge in [-0.1, -0.05) is 30.3 Å². The van der Waals surface area contributed by atoms with Crippen LogP contribution in [0.15, 0.2) is 69.4 Å². The van der Waals surface area contributed by atoms with E-state index in [0.717, 1.165) is 15.7 Å². The molecule has 1 aliphatic heterocycles. The molecule has 0 unspecified atom stereocenters. The summed E-state index contributed by atoms with van der Waals surface area (Å²) in [5.41, 5.74) is 0.960. The van der Waals surface area contributed by atoms with Crippen molar-refractivity contribution in [1.82, 2.24) is 19.4 Å². The van der Waals surface area contributed by atoms with E-state index in [-0.39, 0.29) is 30.4 Å². The van der Waals surface area contributed by atoms with Crippen molar-refractivity contribution in [2.24, 2.45) is 12.0 Å². The topological polar surface area (TPSA) is 110 Å². The number of carbonyl (C=O) groups excluding carboxylic acids is 1. The van der Waals surface area contributed by atoms with Crippen molar-refractivity contribution in [2.45, 2.75) is 13.1 Å². The van der Waals surface area contributed by atoms with Gasteiger partial charge in [0.2, 0.25) is 0 Å². The summed E-state index contributed by atoms with van der Waals surface area (Å²) in [5, 5.41) is 5.77. The Morgan fingerprint density at radius 2 is 1.83 bits per heavy atom. The highest BCUT2D eigenvalue weighted by Gasteiger charge is 2.24. The molecule has 0 atom stereocenters. The van der Waals surface area contributed by atoms with Gasteiger partial charge in [0, 0.05) is 26.0 Å². The molecule has 30 heavy (non-hydrogen) atoms. The molecule has 1 aromatic carbocycles. The number of pyridine rings is 1. The third-order valence-electron chi connectivity index (χ3n) is 4.84. The maximum Gasteiger partial charge on any atom is 0.332 e. The molecule has 4 rings (SSSR count).